The molecular weight excluding hydrogens is 268 g/mol. The number of nitrogens with one attached hydrogen (secondary N) is 1. The van der Waals surface area contributed by atoms with Crippen LogP contribution in [0.25, 0.3) is 0 Å². The number of hydrogen-bond donors (Lipinski definition) is 2. The molecule has 110 valence electrons. The molecule has 1 aliphatic heterocycles. The molecule has 2 heterocycles. The van der Waals surface area contributed by atoms with Gasteiger partial charge in [0.1, 0.15) is 10.7 Å². The van der Waals surface area contributed by atoms with Crippen LogP contribution in [0.15, 0.2) is 18.3 Å². The molecule has 1 aromatic rings. The Morgan fingerprint density at radius 2 is 2.40 bits per heavy atom. The number of thiocarbonyl (C=S) groups is 1. The van der Waals surface area contributed by atoms with Gasteiger partial charge in [-0.1, -0.05) is 18.6 Å². The maximum absolute atomic E-state index is 5.67. The Morgan fingerprint density at radius 3 is 3.15 bits per heavy atom. The lowest BCUT2D eigenvalue weighted by Crippen LogP contribution is -2.38. The number of nitrogens with zero attached hydrogens (tertiary/aromatic N) is 2. The van der Waals surface area contributed by atoms with E-state index in [-0.39, 0.29) is 0 Å². The molecule has 4 nitrogen and oxygen atoms in total. The van der Waals surface area contributed by atoms with Gasteiger partial charge >= 0.3 is 0 Å². The van der Waals surface area contributed by atoms with Gasteiger partial charge in [-0.05, 0) is 44.9 Å². The normalized spacial score (nSPS) is 19.8. The quantitative estimate of drug-likeness (QED) is 0.623. The molecule has 0 aromatic carbocycles. The summed E-state index contributed by atoms with van der Waals surface area (Å²) in [6.07, 6.45) is 6.89. The first kappa shape index (κ1) is 15.2. The molecule has 2 rings (SSSR count). The lowest BCUT2D eigenvalue weighted by atomic mass is 10.0. The van der Waals surface area contributed by atoms with Gasteiger partial charge in [0.05, 0.1) is 5.69 Å². The van der Waals surface area contributed by atoms with Gasteiger partial charge in [-0.15, -0.1) is 0 Å². The minimum Gasteiger partial charge on any atom is -0.388 e. The molecule has 0 radical (unpaired) electrons. The number of hydrogen-bond acceptors (Lipinski definition) is 4. The van der Waals surface area contributed by atoms with Crippen LogP contribution in [0, 0.1) is 0 Å². The van der Waals surface area contributed by atoms with Crippen molar-refractivity contribution >= 4 is 22.9 Å². The fourth-order valence-corrected chi connectivity index (χ4v) is 2.90. The molecule has 1 atom stereocenters. The Morgan fingerprint density at radius 1 is 1.55 bits per heavy atom. The summed E-state index contributed by atoms with van der Waals surface area (Å²) in [5.74, 6) is 0. The molecule has 0 spiro atoms. The summed E-state index contributed by atoms with van der Waals surface area (Å²) in [6, 6.07) is 4.61. The van der Waals surface area contributed by atoms with Crippen molar-refractivity contribution in [3.8, 4) is 0 Å². The Hall–Kier alpha value is -1.20. The van der Waals surface area contributed by atoms with E-state index in [4.69, 9.17) is 18.0 Å². The lowest BCUT2D eigenvalue weighted by molar-refractivity contribution is 0.160. The van der Waals surface area contributed by atoms with Crippen LogP contribution < -0.4 is 11.1 Å². The molecule has 3 N–H and O–H groups in total. The third-order valence-corrected chi connectivity index (χ3v) is 4.11. The molecule has 1 aromatic heterocycles. The van der Waals surface area contributed by atoms with E-state index in [1.165, 1.54) is 25.8 Å². The number of likely N-dealkylation sites (tertiary alicyclic amines) is 1. The molecule has 1 aliphatic rings. The highest BCUT2D eigenvalue weighted by atomic mass is 32.1. The van der Waals surface area contributed by atoms with Gasteiger partial charge in [0.2, 0.25) is 0 Å². The monoisotopic (exact) mass is 292 g/mol. The molecule has 1 saturated heterocycles. The highest BCUT2D eigenvalue weighted by Crippen LogP contribution is 2.16. The van der Waals surface area contributed by atoms with E-state index in [0.717, 1.165) is 31.2 Å². The zero-order chi connectivity index (χ0) is 14.4. The second kappa shape index (κ2) is 7.55. The summed E-state index contributed by atoms with van der Waals surface area (Å²) in [5, 5.41) is 3.39. The molecule has 1 unspecified atom stereocenters. The van der Waals surface area contributed by atoms with Crippen molar-refractivity contribution in [1.29, 1.82) is 0 Å². The van der Waals surface area contributed by atoms with Crippen molar-refractivity contribution in [2.75, 3.05) is 25.0 Å². The maximum atomic E-state index is 5.67. The predicted molar refractivity (Wildman–Crippen MR) is 88.1 cm³/mol. The number of nitrogens with two attached hydrogens (primary N) is 1. The van der Waals surface area contributed by atoms with Crippen LogP contribution in [-0.4, -0.2) is 40.5 Å². The Kier molecular flexibility index (Phi) is 5.73. The Balaban J connectivity index is 1.77. The second-order valence-corrected chi connectivity index (χ2v) is 5.86. The van der Waals surface area contributed by atoms with Gasteiger partial charge in [-0.2, -0.15) is 0 Å². The van der Waals surface area contributed by atoms with E-state index < -0.39 is 0 Å². The molecule has 20 heavy (non-hydrogen) atoms. The minimum absolute atomic E-state index is 0.345. The molecule has 0 amide bonds. The van der Waals surface area contributed by atoms with E-state index in [1.807, 2.05) is 12.1 Å². The summed E-state index contributed by atoms with van der Waals surface area (Å²) in [4.78, 5) is 7.15. The molecule has 0 aliphatic carbocycles. The Labute approximate surface area is 126 Å². The number of pyridine rings is 1. The topological polar surface area (TPSA) is 54.2 Å². The predicted octanol–water partition coefficient (Wildman–Crippen LogP) is 2.39. The van der Waals surface area contributed by atoms with Crippen LogP contribution in [0.1, 0.15) is 38.3 Å². The smallest absolute Gasteiger partial charge is 0.124 e. The van der Waals surface area contributed by atoms with Crippen LogP contribution in [0.2, 0.25) is 0 Å². The van der Waals surface area contributed by atoms with Crippen LogP contribution in [0.3, 0.4) is 0 Å². The molecular formula is C15H24N4S. The summed E-state index contributed by atoms with van der Waals surface area (Å²) in [7, 11) is 0. The number of rotatable bonds is 6. The van der Waals surface area contributed by atoms with E-state index in [2.05, 4.69) is 22.1 Å². The standard InChI is InChI=1S/C15H24N4S/c1-12-6-2-3-10-19(12)11-5-9-17-13-7-4-8-18-14(13)15(16)20/h4,7-8,12,17H,2-3,5-6,9-11H2,1H3,(H2,16,20). The van der Waals surface area contributed by atoms with Crippen molar-refractivity contribution < 1.29 is 0 Å². The zero-order valence-corrected chi connectivity index (χ0v) is 13.0. The van der Waals surface area contributed by atoms with Crippen molar-refractivity contribution in [3.05, 3.63) is 24.0 Å². The van der Waals surface area contributed by atoms with E-state index in [0.29, 0.717) is 10.7 Å². The Bertz CT molecular complexity index is 449. The van der Waals surface area contributed by atoms with Gasteiger partial charge in [0.15, 0.2) is 0 Å². The van der Waals surface area contributed by atoms with Crippen molar-refractivity contribution in [2.45, 2.75) is 38.6 Å². The van der Waals surface area contributed by atoms with Gasteiger partial charge < -0.3 is 16.0 Å². The largest absolute Gasteiger partial charge is 0.388 e. The first-order chi connectivity index (χ1) is 9.68. The van der Waals surface area contributed by atoms with Gasteiger partial charge in [-0.25, -0.2) is 0 Å². The number of anilines is 1. The highest BCUT2D eigenvalue weighted by molar-refractivity contribution is 7.80. The number of aromatic nitrogens is 1. The fourth-order valence-electron chi connectivity index (χ4n) is 2.74. The van der Waals surface area contributed by atoms with Gasteiger partial charge in [-0.3, -0.25) is 4.98 Å². The average Bonchev–Trinajstić information content (AvgIpc) is 2.45. The van der Waals surface area contributed by atoms with E-state index in [1.54, 1.807) is 6.20 Å². The minimum atomic E-state index is 0.345. The summed E-state index contributed by atoms with van der Waals surface area (Å²) < 4.78 is 0. The summed E-state index contributed by atoms with van der Waals surface area (Å²) in [6.45, 7) is 5.65. The number of piperidine rings is 1. The fraction of sp³-hybridized carbons (Fsp3) is 0.600. The first-order valence-electron chi connectivity index (χ1n) is 7.41. The van der Waals surface area contributed by atoms with Crippen molar-refractivity contribution in [1.82, 2.24) is 9.88 Å². The van der Waals surface area contributed by atoms with Gasteiger partial charge in [0.25, 0.3) is 0 Å². The second-order valence-electron chi connectivity index (χ2n) is 5.42. The van der Waals surface area contributed by atoms with Crippen LogP contribution >= 0.6 is 12.2 Å². The maximum Gasteiger partial charge on any atom is 0.124 e. The zero-order valence-electron chi connectivity index (χ0n) is 12.1. The third-order valence-electron chi connectivity index (χ3n) is 3.92. The van der Waals surface area contributed by atoms with Crippen LogP contribution in [0.4, 0.5) is 5.69 Å². The lowest BCUT2D eigenvalue weighted by Gasteiger charge is -2.33. The van der Waals surface area contributed by atoms with Crippen molar-refractivity contribution in [2.24, 2.45) is 5.73 Å². The molecule has 1 fully saturated rings. The highest BCUT2D eigenvalue weighted by Gasteiger charge is 2.17. The van der Waals surface area contributed by atoms with E-state index in [9.17, 15) is 0 Å². The first-order valence-corrected chi connectivity index (χ1v) is 7.82. The molecule has 0 saturated carbocycles. The van der Waals surface area contributed by atoms with Crippen molar-refractivity contribution in [3.63, 3.8) is 0 Å². The SMILES string of the molecule is CC1CCCCN1CCCNc1cccnc1C(N)=S. The van der Waals surface area contributed by atoms with Gasteiger partial charge in [0, 0.05) is 25.3 Å². The third kappa shape index (κ3) is 4.15. The van der Waals surface area contributed by atoms with Crippen LogP contribution in [-0.2, 0) is 0 Å². The molecule has 0 bridgehead atoms. The average molecular weight is 292 g/mol. The summed E-state index contributed by atoms with van der Waals surface area (Å²) in [5.41, 5.74) is 7.30. The van der Waals surface area contributed by atoms with E-state index >= 15 is 0 Å². The van der Waals surface area contributed by atoms with Crippen LogP contribution in [0.5, 0.6) is 0 Å². The molecule has 5 heteroatoms. The summed E-state index contributed by atoms with van der Waals surface area (Å²) >= 11 is 5.01.